The highest BCUT2D eigenvalue weighted by molar-refractivity contribution is 6.07. The van der Waals surface area contributed by atoms with Crippen LogP contribution in [-0.4, -0.2) is 35.1 Å². The highest BCUT2D eigenvalue weighted by Crippen LogP contribution is 2.23. The molecule has 9 heteroatoms. The van der Waals surface area contributed by atoms with Gasteiger partial charge in [-0.05, 0) is 53.1 Å². The Morgan fingerprint density at radius 1 is 0.838 bits per heavy atom. The second-order valence-electron chi connectivity index (χ2n) is 7.98. The Bertz CT molecular complexity index is 1410. The quantitative estimate of drug-likeness (QED) is 0.271. The summed E-state index contributed by atoms with van der Waals surface area (Å²) in [6.07, 6.45) is 0.240. The normalized spacial score (nSPS) is 10.3. The number of hydrogen-bond donors (Lipinski definition) is 4. The van der Waals surface area contributed by atoms with E-state index < -0.39 is 12.0 Å². The molecule has 0 saturated heterocycles. The molecule has 0 fully saturated rings. The Morgan fingerprint density at radius 2 is 1.57 bits per heavy atom. The molecule has 1 aromatic heterocycles. The summed E-state index contributed by atoms with van der Waals surface area (Å²) in [6, 6.07) is 25.2. The van der Waals surface area contributed by atoms with Crippen LogP contribution >= 0.6 is 0 Å². The number of hydrogen-bond acceptors (Lipinski definition) is 5. The first-order valence-corrected chi connectivity index (χ1v) is 11.3. The van der Waals surface area contributed by atoms with Crippen LogP contribution in [0.15, 0.2) is 91.1 Å². The molecule has 9 nitrogen and oxygen atoms in total. The van der Waals surface area contributed by atoms with Gasteiger partial charge in [-0.1, -0.05) is 48.5 Å². The van der Waals surface area contributed by atoms with Gasteiger partial charge in [0, 0.05) is 24.0 Å². The fourth-order valence-electron chi connectivity index (χ4n) is 3.60. The summed E-state index contributed by atoms with van der Waals surface area (Å²) >= 11 is 0. The average Bonchev–Trinajstić information content (AvgIpc) is 2.92. The van der Waals surface area contributed by atoms with E-state index in [4.69, 9.17) is 9.84 Å². The van der Waals surface area contributed by atoms with Crippen LogP contribution in [0.25, 0.3) is 11.1 Å². The molecule has 0 radical (unpaired) electrons. The monoisotopic (exact) mass is 496 g/mol. The standard InChI is InChI=1S/C28H24N4O5/c1-37-24-13-10-21(26(33)31-22-11-8-20(9-12-22)19-5-3-2-4-6-19)15-23(24)27(34)30-17-18-7-14-25(29-16-18)32-28(35)36/h2-16H,17H2,1H3,(H,29,32)(H,30,34)(H,31,33)(H,35,36). The third-order valence-corrected chi connectivity index (χ3v) is 5.47. The van der Waals surface area contributed by atoms with E-state index >= 15 is 0 Å². The molecule has 4 N–H and O–H groups in total. The number of carbonyl (C=O) groups is 3. The zero-order chi connectivity index (χ0) is 26.2. The number of benzene rings is 3. The van der Waals surface area contributed by atoms with Gasteiger partial charge in [0.05, 0.1) is 12.7 Å². The highest BCUT2D eigenvalue weighted by Gasteiger charge is 2.16. The Kier molecular flexibility index (Phi) is 7.75. The molecule has 3 aromatic carbocycles. The molecule has 1 heterocycles. The van der Waals surface area contributed by atoms with Gasteiger partial charge in [-0.25, -0.2) is 9.78 Å². The van der Waals surface area contributed by atoms with Gasteiger partial charge in [0.25, 0.3) is 11.8 Å². The number of rotatable bonds is 8. The van der Waals surface area contributed by atoms with Crippen LogP contribution in [-0.2, 0) is 6.54 Å². The molecule has 0 aliphatic heterocycles. The molecule has 0 saturated carbocycles. The van der Waals surface area contributed by atoms with E-state index in [1.165, 1.54) is 25.4 Å². The number of anilines is 2. The van der Waals surface area contributed by atoms with Crippen molar-refractivity contribution in [1.82, 2.24) is 10.3 Å². The third kappa shape index (κ3) is 6.49. The van der Waals surface area contributed by atoms with Crippen LogP contribution in [0.5, 0.6) is 5.75 Å². The SMILES string of the molecule is COc1ccc(C(=O)Nc2ccc(-c3ccccc3)cc2)cc1C(=O)NCc1ccc(NC(=O)O)nc1. The highest BCUT2D eigenvalue weighted by atomic mass is 16.5. The van der Waals surface area contributed by atoms with Crippen molar-refractivity contribution in [2.75, 3.05) is 17.7 Å². The lowest BCUT2D eigenvalue weighted by molar-refractivity contribution is 0.0947. The maximum absolute atomic E-state index is 12.9. The predicted octanol–water partition coefficient (Wildman–Crippen LogP) is 5.03. The average molecular weight is 497 g/mol. The van der Waals surface area contributed by atoms with Crippen molar-refractivity contribution in [2.24, 2.45) is 0 Å². The van der Waals surface area contributed by atoms with Crippen molar-refractivity contribution in [3.05, 3.63) is 108 Å². The van der Waals surface area contributed by atoms with Crippen molar-refractivity contribution < 1.29 is 24.2 Å². The molecule has 0 unspecified atom stereocenters. The molecule has 0 spiro atoms. The molecular formula is C28H24N4O5. The zero-order valence-electron chi connectivity index (χ0n) is 19.9. The number of carboxylic acid groups (broad SMARTS) is 1. The summed E-state index contributed by atoms with van der Waals surface area (Å²) < 4.78 is 5.31. The van der Waals surface area contributed by atoms with Crippen molar-refractivity contribution in [2.45, 2.75) is 6.54 Å². The van der Waals surface area contributed by atoms with E-state index in [9.17, 15) is 14.4 Å². The van der Waals surface area contributed by atoms with E-state index in [0.29, 0.717) is 22.6 Å². The molecule has 3 amide bonds. The van der Waals surface area contributed by atoms with Crippen LogP contribution in [0.4, 0.5) is 16.3 Å². The largest absolute Gasteiger partial charge is 0.496 e. The minimum atomic E-state index is -1.21. The van der Waals surface area contributed by atoms with Crippen molar-refractivity contribution >= 4 is 29.4 Å². The van der Waals surface area contributed by atoms with E-state index in [1.807, 2.05) is 54.6 Å². The lowest BCUT2D eigenvalue weighted by atomic mass is 10.1. The first-order chi connectivity index (χ1) is 17.9. The number of nitrogens with zero attached hydrogens (tertiary/aromatic N) is 1. The first-order valence-electron chi connectivity index (χ1n) is 11.3. The van der Waals surface area contributed by atoms with Crippen molar-refractivity contribution in [3.8, 4) is 16.9 Å². The summed E-state index contributed by atoms with van der Waals surface area (Å²) in [7, 11) is 1.44. The van der Waals surface area contributed by atoms with Crippen molar-refractivity contribution in [3.63, 3.8) is 0 Å². The second-order valence-corrected chi connectivity index (χ2v) is 7.98. The molecule has 4 aromatic rings. The molecule has 37 heavy (non-hydrogen) atoms. The molecule has 186 valence electrons. The smallest absolute Gasteiger partial charge is 0.410 e. The Hall–Kier alpha value is -5.18. The topological polar surface area (TPSA) is 130 Å². The van der Waals surface area contributed by atoms with Crippen LogP contribution in [0.1, 0.15) is 26.3 Å². The number of ether oxygens (including phenoxy) is 1. The molecule has 0 bridgehead atoms. The number of methoxy groups -OCH3 is 1. The van der Waals surface area contributed by atoms with Crippen LogP contribution in [0, 0.1) is 0 Å². The first kappa shape index (κ1) is 24.9. The third-order valence-electron chi connectivity index (χ3n) is 5.47. The maximum atomic E-state index is 12.9. The number of pyridine rings is 1. The number of aromatic nitrogens is 1. The molecule has 4 rings (SSSR count). The number of amides is 3. The predicted molar refractivity (Wildman–Crippen MR) is 140 cm³/mol. The minimum Gasteiger partial charge on any atom is -0.496 e. The minimum absolute atomic E-state index is 0.145. The van der Waals surface area contributed by atoms with E-state index in [-0.39, 0.29) is 23.8 Å². The number of nitrogens with one attached hydrogen (secondary N) is 3. The maximum Gasteiger partial charge on any atom is 0.410 e. The summed E-state index contributed by atoms with van der Waals surface area (Å²) in [5, 5.41) is 16.5. The van der Waals surface area contributed by atoms with E-state index in [1.54, 1.807) is 18.2 Å². The Balaban J connectivity index is 1.42. The van der Waals surface area contributed by atoms with Gasteiger partial charge >= 0.3 is 6.09 Å². The lowest BCUT2D eigenvalue weighted by Crippen LogP contribution is -2.24. The molecule has 0 atom stereocenters. The van der Waals surface area contributed by atoms with Crippen LogP contribution in [0.3, 0.4) is 0 Å². The van der Waals surface area contributed by atoms with Gasteiger partial charge in [-0.3, -0.25) is 14.9 Å². The van der Waals surface area contributed by atoms with Gasteiger partial charge in [-0.2, -0.15) is 0 Å². The van der Waals surface area contributed by atoms with Gasteiger partial charge in [-0.15, -0.1) is 0 Å². The summed E-state index contributed by atoms with van der Waals surface area (Å²) in [6.45, 7) is 0.145. The van der Waals surface area contributed by atoms with Crippen LogP contribution < -0.4 is 20.7 Å². The zero-order valence-corrected chi connectivity index (χ0v) is 19.9. The molecular weight excluding hydrogens is 472 g/mol. The number of carbonyl (C=O) groups excluding carboxylic acids is 2. The second kappa shape index (κ2) is 11.5. The van der Waals surface area contributed by atoms with E-state index in [2.05, 4.69) is 20.9 Å². The Morgan fingerprint density at radius 3 is 2.22 bits per heavy atom. The summed E-state index contributed by atoms with van der Waals surface area (Å²) in [5.41, 5.74) is 3.89. The Labute approximate surface area is 213 Å². The molecule has 0 aliphatic carbocycles. The van der Waals surface area contributed by atoms with Crippen LogP contribution in [0.2, 0.25) is 0 Å². The lowest BCUT2D eigenvalue weighted by Gasteiger charge is -2.12. The van der Waals surface area contributed by atoms with E-state index in [0.717, 1.165) is 11.1 Å². The fraction of sp³-hybridized carbons (Fsp3) is 0.0714. The van der Waals surface area contributed by atoms with Gasteiger partial charge in [0.1, 0.15) is 11.6 Å². The van der Waals surface area contributed by atoms with Gasteiger partial charge in [0.15, 0.2) is 0 Å². The summed E-state index contributed by atoms with van der Waals surface area (Å²) in [4.78, 5) is 40.4. The summed E-state index contributed by atoms with van der Waals surface area (Å²) in [5.74, 6) is -0.306. The van der Waals surface area contributed by atoms with Gasteiger partial charge in [0.2, 0.25) is 0 Å². The van der Waals surface area contributed by atoms with Crippen molar-refractivity contribution in [1.29, 1.82) is 0 Å². The fourth-order valence-corrected chi connectivity index (χ4v) is 3.60. The molecule has 0 aliphatic rings. The van der Waals surface area contributed by atoms with Gasteiger partial charge < -0.3 is 20.5 Å².